The van der Waals surface area contributed by atoms with Gasteiger partial charge in [-0.05, 0) is 47.9 Å². The molecular weight excluding hydrogens is 526 g/mol. The van der Waals surface area contributed by atoms with Crippen molar-refractivity contribution in [3.05, 3.63) is 95.5 Å². The maximum Gasteiger partial charge on any atom is 0.323 e. The number of amides is 4. The largest absolute Gasteiger partial charge is 0.481 e. The third-order valence-corrected chi connectivity index (χ3v) is 6.70. The van der Waals surface area contributed by atoms with Gasteiger partial charge in [-0.15, -0.1) is 0 Å². The quantitative estimate of drug-likeness (QED) is 0.201. The van der Waals surface area contributed by atoms with Gasteiger partial charge in [-0.3, -0.25) is 0 Å². The van der Waals surface area contributed by atoms with Crippen molar-refractivity contribution in [2.24, 2.45) is 0 Å². The van der Waals surface area contributed by atoms with Gasteiger partial charge in [0, 0.05) is 33.8 Å². The molecular formula is C29H25ClF2N4O3. The van der Waals surface area contributed by atoms with Gasteiger partial charge in [-0.2, -0.15) is 0 Å². The number of hydrogen-bond donors (Lipinski definition) is 4. The molecule has 1 aliphatic heterocycles. The summed E-state index contributed by atoms with van der Waals surface area (Å²) in [7, 11) is 0. The summed E-state index contributed by atoms with van der Waals surface area (Å²) in [5.74, 6) is 0.232. The van der Waals surface area contributed by atoms with Crippen LogP contribution in [0, 0.1) is 0 Å². The minimum absolute atomic E-state index is 0.0857. The van der Waals surface area contributed by atoms with Crippen LogP contribution in [0.4, 0.5) is 35.4 Å². The number of carbonyl (C=O) groups excluding carboxylic acids is 2. The fourth-order valence-corrected chi connectivity index (χ4v) is 4.73. The first-order chi connectivity index (χ1) is 18.9. The van der Waals surface area contributed by atoms with Crippen molar-refractivity contribution in [1.29, 1.82) is 0 Å². The Labute approximate surface area is 228 Å². The van der Waals surface area contributed by atoms with E-state index in [0.29, 0.717) is 27.6 Å². The second-order valence-electron chi connectivity index (χ2n) is 9.28. The van der Waals surface area contributed by atoms with E-state index in [9.17, 15) is 18.4 Å². The third kappa shape index (κ3) is 5.88. The smallest absolute Gasteiger partial charge is 0.323 e. The van der Waals surface area contributed by atoms with Crippen molar-refractivity contribution in [3.8, 4) is 5.75 Å². The molecule has 39 heavy (non-hydrogen) atoms. The summed E-state index contributed by atoms with van der Waals surface area (Å²) in [5.41, 5.74) is 0.638. The lowest BCUT2D eigenvalue weighted by Crippen LogP contribution is -2.49. The molecule has 0 spiro atoms. The number of ether oxygens (including phenoxy) is 1. The van der Waals surface area contributed by atoms with Crippen LogP contribution >= 0.6 is 11.6 Å². The minimum Gasteiger partial charge on any atom is -0.481 e. The molecule has 1 aliphatic rings. The first-order valence-electron chi connectivity index (χ1n) is 12.2. The van der Waals surface area contributed by atoms with Crippen LogP contribution in [-0.4, -0.2) is 31.0 Å². The number of carbonyl (C=O) groups is 2. The number of nitrogens with one attached hydrogen (secondary N) is 4. The lowest BCUT2D eigenvalue weighted by Gasteiger charge is -2.39. The Hall–Kier alpha value is -4.37. The Balaban J connectivity index is 1.31. The molecule has 0 radical (unpaired) electrons. The van der Waals surface area contributed by atoms with Gasteiger partial charge < -0.3 is 26.0 Å². The molecule has 0 aromatic heterocycles. The molecule has 0 saturated heterocycles. The van der Waals surface area contributed by atoms with E-state index in [-0.39, 0.29) is 18.2 Å². The highest BCUT2D eigenvalue weighted by molar-refractivity contribution is 6.30. The topological polar surface area (TPSA) is 91.5 Å². The number of rotatable bonds is 6. The van der Waals surface area contributed by atoms with Crippen molar-refractivity contribution in [1.82, 2.24) is 5.32 Å². The fraction of sp³-hybridized carbons (Fsp3) is 0.172. The Morgan fingerprint density at radius 1 is 0.846 bits per heavy atom. The maximum absolute atomic E-state index is 13.8. The Kier molecular flexibility index (Phi) is 7.51. The minimum atomic E-state index is -1.70. The number of alkyl halides is 2. The van der Waals surface area contributed by atoms with Crippen LogP contribution in [0.15, 0.2) is 84.9 Å². The number of para-hydroxylation sites is 1. The van der Waals surface area contributed by atoms with Crippen molar-refractivity contribution in [2.75, 3.05) is 29.3 Å². The molecule has 4 aromatic rings. The average molecular weight is 551 g/mol. The summed E-state index contributed by atoms with van der Waals surface area (Å²) in [6, 6.07) is 22.9. The van der Waals surface area contributed by atoms with E-state index in [1.54, 1.807) is 54.6 Å². The molecule has 4 amide bonds. The van der Waals surface area contributed by atoms with Crippen LogP contribution in [-0.2, 0) is 0 Å². The van der Waals surface area contributed by atoms with Crippen LogP contribution in [0.1, 0.15) is 18.0 Å². The molecule has 1 atom stereocenters. The molecule has 5 rings (SSSR count). The Morgan fingerprint density at radius 3 is 2.38 bits per heavy atom. The molecule has 0 aliphatic carbocycles. The van der Waals surface area contributed by atoms with Crippen LogP contribution in [0.3, 0.4) is 0 Å². The highest BCUT2D eigenvalue weighted by Gasteiger charge is 2.42. The van der Waals surface area contributed by atoms with Gasteiger partial charge in [0.05, 0.1) is 11.7 Å². The zero-order chi connectivity index (χ0) is 27.4. The number of halogens is 3. The average Bonchev–Trinajstić information content (AvgIpc) is 2.93. The second kappa shape index (κ2) is 11.2. The Morgan fingerprint density at radius 2 is 1.62 bits per heavy atom. The van der Waals surface area contributed by atoms with E-state index in [1.807, 2.05) is 24.3 Å². The van der Waals surface area contributed by atoms with Crippen LogP contribution < -0.4 is 26.0 Å². The number of fused-ring (bicyclic) bond motifs is 2. The zero-order valence-electron chi connectivity index (χ0n) is 20.6. The molecule has 7 nitrogen and oxygen atoms in total. The molecule has 0 saturated carbocycles. The summed E-state index contributed by atoms with van der Waals surface area (Å²) in [6.45, 7) is -2.11. The third-order valence-electron chi connectivity index (χ3n) is 6.46. The van der Waals surface area contributed by atoms with Crippen molar-refractivity contribution >= 4 is 51.5 Å². The summed E-state index contributed by atoms with van der Waals surface area (Å²) in [5, 5.41) is 13.1. The molecule has 1 unspecified atom stereocenters. The number of anilines is 3. The maximum atomic E-state index is 13.8. The zero-order valence-corrected chi connectivity index (χ0v) is 21.4. The van der Waals surface area contributed by atoms with Gasteiger partial charge in [-0.1, -0.05) is 54.1 Å². The van der Waals surface area contributed by atoms with Gasteiger partial charge in [0.1, 0.15) is 19.1 Å². The molecule has 200 valence electrons. The predicted molar refractivity (Wildman–Crippen MR) is 149 cm³/mol. The molecule has 10 heteroatoms. The summed E-state index contributed by atoms with van der Waals surface area (Å²) < 4.78 is 33.3. The lowest BCUT2D eigenvalue weighted by atomic mass is 9.88. The highest BCUT2D eigenvalue weighted by atomic mass is 35.5. The van der Waals surface area contributed by atoms with E-state index in [2.05, 4.69) is 21.3 Å². The number of urea groups is 2. The van der Waals surface area contributed by atoms with E-state index in [0.717, 1.165) is 10.8 Å². The molecule has 0 bridgehead atoms. The van der Waals surface area contributed by atoms with Gasteiger partial charge >= 0.3 is 12.1 Å². The van der Waals surface area contributed by atoms with Gasteiger partial charge in [0.15, 0.2) is 5.60 Å². The number of benzene rings is 4. The van der Waals surface area contributed by atoms with Gasteiger partial charge in [0.2, 0.25) is 0 Å². The second-order valence-corrected chi connectivity index (χ2v) is 9.71. The molecule has 0 fully saturated rings. The monoisotopic (exact) mass is 550 g/mol. The van der Waals surface area contributed by atoms with Crippen LogP contribution in [0.2, 0.25) is 5.02 Å². The van der Waals surface area contributed by atoms with Gasteiger partial charge in [-0.25, -0.2) is 18.4 Å². The van der Waals surface area contributed by atoms with Crippen LogP contribution in [0.5, 0.6) is 5.75 Å². The van der Waals surface area contributed by atoms with Crippen LogP contribution in [0.25, 0.3) is 10.8 Å². The summed E-state index contributed by atoms with van der Waals surface area (Å²) in [6.07, 6.45) is -0.0857. The van der Waals surface area contributed by atoms with Crippen molar-refractivity contribution in [2.45, 2.75) is 18.1 Å². The molecule has 1 heterocycles. The van der Waals surface area contributed by atoms with Gasteiger partial charge in [0.25, 0.3) is 0 Å². The van der Waals surface area contributed by atoms with E-state index in [4.69, 9.17) is 16.3 Å². The summed E-state index contributed by atoms with van der Waals surface area (Å²) >= 11 is 6.05. The first kappa shape index (κ1) is 26.2. The van der Waals surface area contributed by atoms with Crippen molar-refractivity contribution < 1.29 is 23.1 Å². The van der Waals surface area contributed by atoms with Crippen molar-refractivity contribution in [3.63, 3.8) is 0 Å². The highest BCUT2D eigenvalue weighted by Crippen LogP contribution is 2.41. The summed E-state index contributed by atoms with van der Waals surface area (Å²) in [4.78, 5) is 25.4. The first-order valence-corrected chi connectivity index (χ1v) is 12.6. The predicted octanol–water partition coefficient (Wildman–Crippen LogP) is 7.46. The Bertz CT molecular complexity index is 1520. The van der Waals surface area contributed by atoms with E-state index < -0.39 is 31.0 Å². The fourth-order valence-electron chi connectivity index (χ4n) is 4.57. The standard InChI is InChI=1S/C29H25ClF2N4O3/c30-19-9-11-23-25(15-29(16-31,17-32)39-26(23)14-19)36-28(38)35-24-8-4-5-18-13-21(10-12-22(18)24)34-27(37)33-20-6-2-1-3-7-20/h1-14,25H,15-17H2,(H2,33,34,37)(H2,35,36,38). The SMILES string of the molecule is O=C(Nc1ccccc1)Nc1ccc2c(NC(=O)NC3CC(CF)(CF)Oc4cc(Cl)ccc43)cccc2c1. The van der Waals surface area contributed by atoms with E-state index >= 15 is 0 Å². The normalized spacial score (nSPS) is 15.5. The molecule has 4 N–H and O–H groups in total. The lowest BCUT2D eigenvalue weighted by molar-refractivity contribution is -0.0104. The number of hydrogen-bond acceptors (Lipinski definition) is 3. The molecule has 4 aromatic carbocycles. The van der Waals surface area contributed by atoms with E-state index in [1.165, 1.54) is 6.07 Å².